The summed E-state index contributed by atoms with van der Waals surface area (Å²) in [6.45, 7) is 0. The quantitative estimate of drug-likeness (QED) is 0.516. The molecular formula is C24H24N2O5S. The maximum atomic E-state index is 13.4. The summed E-state index contributed by atoms with van der Waals surface area (Å²) in [7, 11) is 6.38. The van der Waals surface area contributed by atoms with Gasteiger partial charge >= 0.3 is 0 Å². The van der Waals surface area contributed by atoms with Gasteiger partial charge in [-0.2, -0.15) is 5.10 Å². The van der Waals surface area contributed by atoms with Crippen molar-refractivity contribution >= 4 is 23.0 Å². The molecule has 0 saturated heterocycles. The van der Waals surface area contributed by atoms with E-state index in [-0.39, 0.29) is 11.9 Å². The Morgan fingerprint density at radius 1 is 0.938 bits per heavy atom. The minimum absolute atomic E-state index is 0.162. The van der Waals surface area contributed by atoms with Gasteiger partial charge in [0.05, 0.1) is 45.1 Å². The van der Waals surface area contributed by atoms with E-state index in [1.807, 2.05) is 47.8 Å². The molecular weight excluding hydrogens is 428 g/mol. The molecule has 2 aromatic carbocycles. The number of methoxy groups -OCH3 is 4. The zero-order valence-corrected chi connectivity index (χ0v) is 19.1. The maximum Gasteiger partial charge on any atom is 0.284 e. The van der Waals surface area contributed by atoms with Gasteiger partial charge in [-0.3, -0.25) is 4.79 Å². The van der Waals surface area contributed by atoms with Gasteiger partial charge in [0, 0.05) is 17.5 Å². The molecule has 1 aliphatic heterocycles. The third-order valence-corrected chi connectivity index (χ3v) is 6.22. The second kappa shape index (κ2) is 9.32. The highest BCUT2D eigenvalue weighted by Crippen LogP contribution is 2.43. The van der Waals surface area contributed by atoms with Gasteiger partial charge in [0.25, 0.3) is 5.91 Å². The number of hydrogen-bond acceptors (Lipinski definition) is 7. The van der Waals surface area contributed by atoms with Crippen LogP contribution in [-0.2, 0) is 0 Å². The highest BCUT2D eigenvalue weighted by molar-refractivity contribution is 7.12. The molecule has 3 aromatic rings. The van der Waals surface area contributed by atoms with Crippen LogP contribution in [0.1, 0.15) is 33.3 Å². The van der Waals surface area contributed by atoms with Crippen molar-refractivity contribution in [1.29, 1.82) is 0 Å². The summed E-state index contributed by atoms with van der Waals surface area (Å²) in [4.78, 5) is 14.0. The number of ether oxygens (including phenoxy) is 4. The van der Waals surface area contributed by atoms with E-state index >= 15 is 0 Å². The van der Waals surface area contributed by atoms with Crippen molar-refractivity contribution in [2.45, 2.75) is 12.5 Å². The van der Waals surface area contributed by atoms with Gasteiger partial charge in [-0.25, -0.2) is 5.01 Å². The fourth-order valence-electron chi connectivity index (χ4n) is 3.82. The van der Waals surface area contributed by atoms with Crippen LogP contribution in [0, 0.1) is 0 Å². The zero-order chi connectivity index (χ0) is 22.7. The molecule has 0 bridgehead atoms. The van der Waals surface area contributed by atoms with Gasteiger partial charge in [0.2, 0.25) is 0 Å². The molecule has 2 heterocycles. The second-order valence-corrected chi connectivity index (χ2v) is 7.99. The van der Waals surface area contributed by atoms with E-state index in [0.29, 0.717) is 34.3 Å². The van der Waals surface area contributed by atoms with Gasteiger partial charge in [-0.05, 0) is 35.7 Å². The molecule has 1 aliphatic rings. The molecule has 0 fully saturated rings. The van der Waals surface area contributed by atoms with Crippen LogP contribution in [0.15, 0.2) is 59.0 Å². The molecule has 1 aromatic heterocycles. The summed E-state index contributed by atoms with van der Waals surface area (Å²) in [6, 6.07) is 14.6. The Balaban J connectivity index is 1.79. The molecule has 0 spiro atoms. The van der Waals surface area contributed by atoms with Crippen molar-refractivity contribution in [2.75, 3.05) is 28.4 Å². The molecule has 4 rings (SSSR count). The Hall–Kier alpha value is -3.52. The SMILES string of the molecule is COc1ccc(C2=NN(C(=O)c3cccs3)C(c3cccc(OC)c3OC)C2)cc1OC. The number of amides is 1. The average molecular weight is 453 g/mol. The van der Waals surface area contributed by atoms with Gasteiger partial charge in [0.15, 0.2) is 23.0 Å². The van der Waals surface area contributed by atoms with Gasteiger partial charge in [0.1, 0.15) is 0 Å². The number of carbonyl (C=O) groups is 1. The van der Waals surface area contributed by atoms with Crippen molar-refractivity contribution in [1.82, 2.24) is 5.01 Å². The van der Waals surface area contributed by atoms with Crippen molar-refractivity contribution in [3.63, 3.8) is 0 Å². The fourth-order valence-corrected chi connectivity index (χ4v) is 4.47. The predicted octanol–water partition coefficient (Wildman–Crippen LogP) is 4.77. The average Bonchev–Trinajstić information content (AvgIpc) is 3.53. The number of carbonyl (C=O) groups excluding carboxylic acids is 1. The lowest BCUT2D eigenvalue weighted by molar-refractivity contribution is 0.0714. The van der Waals surface area contributed by atoms with Crippen molar-refractivity contribution < 1.29 is 23.7 Å². The summed E-state index contributed by atoms with van der Waals surface area (Å²) in [5.41, 5.74) is 2.46. The van der Waals surface area contributed by atoms with Crippen LogP contribution in [0.2, 0.25) is 0 Å². The van der Waals surface area contributed by atoms with Crippen LogP contribution >= 0.6 is 11.3 Å². The Morgan fingerprint density at radius 3 is 2.38 bits per heavy atom. The van der Waals surface area contributed by atoms with Crippen LogP contribution in [0.4, 0.5) is 0 Å². The molecule has 7 nitrogen and oxygen atoms in total. The first-order chi connectivity index (χ1) is 15.6. The lowest BCUT2D eigenvalue weighted by Gasteiger charge is -2.24. The second-order valence-electron chi connectivity index (χ2n) is 7.05. The number of benzene rings is 2. The minimum atomic E-state index is -0.349. The summed E-state index contributed by atoms with van der Waals surface area (Å²) in [6.07, 6.45) is 0.510. The molecule has 0 radical (unpaired) electrons. The zero-order valence-electron chi connectivity index (χ0n) is 18.3. The van der Waals surface area contributed by atoms with Crippen molar-refractivity contribution in [2.24, 2.45) is 5.10 Å². The van der Waals surface area contributed by atoms with E-state index in [9.17, 15) is 4.79 Å². The van der Waals surface area contributed by atoms with Crippen LogP contribution < -0.4 is 18.9 Å². The number of hydrazone groups is 1. The minimum Gasteiger partial charge on any atom is -0.493 e. The molecule has 0 saturated carbocycles. The molecule has 1 unspecified atom stereocenters. The molecule has 8 heteroatoms. The Morgan fingerprint density at radius 2 is 1.72 bits per heavy atom. The van der Waals surface area contributed by atoms with Gasteiger partial charge in [-0.1, -0.05) is 18.2 Å². The van der Waals surface area contributed by atoms with Gasteiger partial charge < -0.3 is 18.9 Å². The van der Waals surface area contributed by atoms with E-state index < -0.39 is 0 Å². The van der Waals surface area contributed by atoms with E-state index in [4.69, 9.17) is 24.0 Å². The number of rotatable bonds is 7. The first-order valence-electron chi connectivity index (χ1n) is 9.99. The largest absolute Gasteiger partial charge is 0.493 e. The van der Waals surface area contributed by atoms with Crippen LogP contribution in [0.5, 0.6) is 23.0 Å². The lowest BCUT2D eigenvalue weighted by atomic mass is 9.97. The smallest absolute Gasteiger partial charge is 0.284 e. The van der Waals surface area contributed by atoms with E-state index in [1.54, 1.807) is 34.5 Å². The standard InChI is InChI=1S/C24H24N2O5S/c1-28-19-11-10-15(13-21(19)30-3)17-14-18(16-7-5-8-20(29-2)23(16)31-4)26(25-17)24(27)22-9-6-12-32-22/h5-13,18H,14H2,1-4H3. The Labute approximate surface area is 190 Å². The van der Waals surface area contributed by atoms with Crippen LogP contribution in [0.25, 0.3) is 0 Å². The molecule has 0 aliphatic carbocycles. The van der Waals surface area contributed by atoms with E-state index in [0.717, 1.165) is 16.8 Å². The van der Waals surface area contributed by atoms with E-state index in [1.165, 1.54) is 16.3 Å². The van der Waals surface area contributed by atoms with Crippen molar-refractivity contribution in [3.8, 4) is 23.0 Å². The Bertz CT molecular complexity index is 1140. The molecule has 32 heavy (non-hydrogen) atoms. The topological polar surface area (TPSA) is 69.6 Å². The maximum absolute atomic E-state index is 13.4. The third-order valence-electron chi connectivity index (χ3n) is 5.36. The van der Waals surface area contributed by atoms with Crippen LogP contribution in [0.3, 0.4) is 0 Å². The normalized spacial score (nSPS) is 15.3. The van der Waals surface area contributed by atoms with Crippen molar-refractivity contribution in [3.05, 3.63) is 69.9 Å². The predicted molar refractivity (Wildman–Crippen MR) is 123 cm³/mol. The lowest BCUT2D eigenvalue weighted by Crippen LogP contribution is -2.26. The van der Waals surface area contributed by atoms with E-state index in [2.05, 4.69) is 0 Å². The van der Waals surface area contributed by atoms with Gasteiger partial charge in [-0.15, -0.1) is 11.3 Å². The summed E-state index contributed by atoms with van der Waals surface area (Å²) >= 11 is 1.39. The monoisotopic (exact) mass is 452 g/mol. The first kappa shape index (κ1) is 21.7. The summed E-state index contributed by atoms with van der Waals surface area (Å²) in [5.74, 6) is 2.27. The number of hydrogen-bond donors (Lipinski definition) is 0. The number of para-hydroxylation sites is 1. The molecule has 1 atom stereocenters. The number of nitrogens with zero attached hydrogens (tertiary/aromatic N) is 2. The highest BCUT2D eigenvalue weighted by Gasteiger charge is 2.36. The molecule has 1 amide bonds. The highest BCUT2D eigenvalue weighted by atomic mass is 32.1. The Kier molecular flexibility index (Phi) is 6.32. The summed E-state index contributed by atoms with van der Waals surface area (Å²) < 4.78 is 21.9. The summed E-state index contributed by atoms with van der Waals surface area (Å²) in [5, 5.41) is 8.16. The van der Waals surface area contributed by atoms with Crippen LogP contribution in [-0.4, -0.2) is 45.1 Å². The third kappa shape index (κ3) is 3.89. The molecule has 166 valence electrons. The fraction of sp³-hybridized carbons (Fsp3) is 0.250. The first-order valence-corrected chi connectivity index (χ1v) is 10.9. The number of thiophene rings is 1. The molecule has 0 N–H and O–H groups in total.